The standard InChI is InChI=1S/C27H22N2O3S2/c1-20-14-16-23(17-15-20)34(30,31)29(19-21-9-4-2-5-10-21)26-25(24-13-8-18-33-24)32-27(28-26)22-11-6-3-7-12-22/h2-18H,19H2,1H3. The molecular formula is C27H22N2O3S2. The molecule has 2 heterocycles. The molecule has 7 heteroatoms. The fraction of sp³-hybridized carbons (Fsp3) is 0.0741. The van der Waals surface area contributed by atoms with E-state index in [0.717, 1.165) is 21.6 Å². The average Bonchev–Trinajstić information content (AvgIpc) is 3.54. The fourth-order valence-electron chi connectivity index (χ4n) is 3.61. The Hall–Kier alpha value is -3.68. The summed E-state index contributed by atoms with van der Waals surface area (Å²) in [7, 11) is -3.94. The first kappa shape index (κ1) is 22.1. The van der Waals surface area contributed by atoms with Crippen molar-refractivity contribution in [2.75, 3.05) is 4.31 Å². The summed E-state index contributed by atoms with van der Waals surface area (Å²) in [5, 5.41) is 1.93. The van der Waals surface area contributed by atoms with Gasteiger partial charge in [0.15, 0.2) is 11.6 Å². The Morgan fingerprint density at radius 2 is 1.53 bits per heavy atom. The molecule has 0 aliphatic heterocycles. The first-order valence-corrected chi connectivity index (χ1v) is 13.1. The largest absolute Gasteiger partial charge is 0.433 e. The summed E-state index contributed by atoms with van der Waals surface area (Å²) < 4.78 is 35.5. The molecule has 5 nitrogen and oxygen atoms in total. The maximum atomic E-state index is 14.0. The van der Waals surface area contributed by atoms with Gasteiger partial charge in [0.05, 0.1) is 16.3 Å². The van der Waals surface area contributed by atoms with Crippen LogP contribution in [0.25, 0.3) is 22.1 Å². The highest BCUT2D eigenvalue weighted by Crippen LogP contribution is 2.40. The zero-order valence-electron chi connectivity index (χ0n) is 18.5. The van der Waals surface area contributed by atoms with Crippen LogP contribution in [0.4, 0.5) is 5.82 Å². The van der Waals surface area contributed by atoms with Crippen LogP contribution in [0.15, 0.2) is 112 Å². The quantitative estimate of drug-likeness (QED) is 0.255. The number of benzene rings is 3. The molecule has 34 heavy (non-hydrogen) atoms. The summed E-state index contributed by atoms with van der Waals surface area (Å²) in [4.78, 5) is 5.74. The number of nitrogens with zero attached hydrogens (tertiary/aromatic N) is 2. The lowest BCUT2D eigenvalue weighted by atomic mass is 10.2. The van der Waals surface area contributed by atoms with Gasteiger partial charge in [-0.15, -0.1) is 11.3 Å². The Morgan fingerprint density at radius 1 is 0.853 bits per heavy atom. The molecular weight excluding hydrogens is 464 g/mol. The molecule has 0 fully saturated rings. The van der Waals surface area contributed by atoms with Gasteiger partial charge < -0.3 is 4.42 Å². The van der Waals surface area contributed by atoms with Crippen LogP contribution in [0.1, 0.15) is 11.1 Å². The first-order chi connectivity index (χ1) is 16.5. The van der Waals surface area contributed by atoms with Crippen LogP contribution in [0.3, 0.4) is 0 Å². The Labute approximate surface area is 203 Å². The van der Waals surface area contributed by atoms with Crippen LogP contribution in [0.5, 0.6) is 0 Å². The van der Waals surface area contributed by atoms with Gasteiger partial charge in [-0.1, -0.05) is 72.3 Å². The number of anilines is 1. The number of aryl methyl sites for hydroxylation is 1. The highest BCUT2D eigenvalue weighted by molar-refractivity contribution is 7.92. The van der Waals surface area contributed by atoms with E-state index in [1.807, 2.05) is 85.1 Å². The molecule has 0 saturated carbocycles. The van der Waals surface area contributed by atoms with Crippen molar-refractivity contribution in [3.05, 3.63) is 114 Å². The van der Waals surface area contributed by atoms with Crippen LogP contribution in [0.2, 0.25) is 0 Å². The first-order valence-electron chi connectivity index (χ1n) is 10.8. The van der Waals surface area contributed by atoms with Gasteiger partial charge in [-0.2, -0.15) is 4.98 Å². The number of sulfonamides is 1. The maximum Gasteiger partial charge on any atom is 0.265 e. The molecule has 0 radical (unpaired) electrons. The van der Waals surface area contributed by atoms with E-state index < -0.39 is 10.0 Å². The van der Waals surface area contributed by atoms with Gasteiger partial charge in [-0.25, -0.2) is 12.7 Å². The van der Waals surface area contributed by atoms with Crippen LogP contribution in [-0.4, -0.2) is 13.4 Å². The number of thiophene rings is 1. The topological polar surface area (TPSA) is 63.4 Å². The summed E-state index contributed by atoms with van der Waals surface area (Å²) in [6.45, 7) is 2.05. The van der Waals surface area contributed by atoms with Crippen LogP contribution in [0, 0.1) is 6.92 Å². The van der Waals surface area contributed by atoms with Crippen LogP contribution >= 0.6 is 11.3 Å². The molecule has 0 N–H and O–H groups in total. The minimum absolute atomic E-state index is 0.121. The molecule has 0 atom stereocenters. The summed E-state index contributed by atoms with van der Waals surface area (Å²) >= 11 is 1.48. The SMILES string of the molecule is Cc1ccc(S(=O)(=O)N(Cc2ccccc2)c2nc(-c3ccccc3)oc2-c2cccs2)cc1. The van der Waals surface area contributed by atoms with Crippen LogP contribution < -0.4 is 4.31 Å². The van der Waals surface area contributed by atoms with Gasteiger partial charge in [-0.05, 0) is 48.2 Å². The third-order valence-corrected chi connectivity index (χ3v) is 8.01. The number of hydrogen-bond donors (Lipinski definition) is 0. The van der Waals surface area contributed by atoms with Crippen molar-refractivity contribution in [2.45, 2.75) is 18.4 Å². The van der Waals surface area contributed by atoms with Gasteiger partial charge in [0, 0.05) is 5.56 Å². The lowest BCUT2D eigenvalue weighted by molar-refractivity contribution is 0.585. The van der Waals surface area contributed by atoms with Gasteiger partial charge in [-0.3, -0.25) is 0 Å². The average molecular weight is 487 g/mol. The number of oxazole rings is 1. The minimum Gasteiger partial charge on any atom is -0.433 e. The second-order valence-electron chi connectivity index (χ2n) is 7.83. The van der Waals surface area contributed by atoms with E-state index in [1.54, 1.807) is 24.3 Å². The van der Waals surface area contributed by atoms with Crippen molar-refractivity contribution < 1.29 is 12.8 Å². The van der Waals surface area contributed by atoms with Crippen molar-refractivity contribution in [2.24, 2.45) is 0 Å². The highest BCUT2D eigenvalue weighted by atomic mass is 32.2. The summed E-state index contributed by atoms with van der Waals surface area (Å²) in [6, 6.07) is 29.7. The predicted octanol–water partition coefficient (Wildman–Crippen LogP) is 6.77. The van der Waals surface area contributed by atoms with Crippen molar-refractivity contribution in [1.82, 2.24) is 4.98 Å². The second-order valence-corrected chi connectivity index (χ2v) is 10.6. The van der Waals surface area contributed by atoms with E-state index in [0.29, 0.717) is 11.7 Å². The fourth-order valence-corrected chi connectivity index (χ4v) is 5.72. The maximum absolute atomic E-state index is 14.0. The molecule has 170 valence electrons. The van der Waals surface area contributed by atoms with E-state index in [-0.39, 0.29) is 17.3 Å². The van der Waals surface area contributed by atoms with Gasteiger partial charge >= 0.3 is 0 Å². The van der Waals surface area contributed by atoms with Crippen LogP contribution in [-0.2, 0) is 16.6 Å². The van der Waals surface area contributed by atoms with Gasteiger partial charge in [0.25, 0.3) is 10.0 Å². The second kappa shape index (κ2) is 9.29. The van der Waals surface area contributed by atoms with Gasteiger partial charge in [0.1, 0.15) is 0 Å². The van der Waals surface area contributed by atoms with Crippen molar-refractivity contribution in [3.8, 4) is 22.1 Å². The Bertz CT molecular complexity index is 1480. The molecule has 5 rings (SSSR count). The highest BCUT2D eigenvalue weighted by Gasteiger charge is 2.32. The molecule has 0 bridgehead atoms. The minimum atomic E-state index is -3.94. The third kappa shape index (κ3) is 4.40. The molecule has 0 spiro atoms. The molecule has 0 amide bonds. The predicted molar refractivity (Wildman–Crippen MR) is 136 cm³/mol. The molecule has 0 saturated heterocycles. The zero-order chi connectivity index (χ0) is 23.5. The van der Waals surface area contributed by atoms with E-state index in [4.69, 9.17) is 9.40 Å². The molecule has 2 aromatic heterocycles. The Kier molecular flexibility index (Phi) is 6.04. The molecule has 0 aliphatic carbocycles. The third-order valence-electron chi connectivity index (χ3n) is 5.39. The van der Waals surface area contributed by atoms with Gasteiger partial charge in [0.2, 0.25) is 5.89 Å². The van der Waals surface area contributed by atoms with Crippen molar-refractivity contribution >= 4 is 27.2 Å². The normalized spacial score (nSPS) is 11.4. The zero-order valence-corrected chi connectivity index (χ0v) is 20.1. The number of hydrogen-bond acceptors (Lipinski definition) is 5. The summed E-state index contributed by atoms with van der Waals surface area (Å²) in [6.07, 6.45) is 0. The van der Waals surface area contributed by atoms with E-state index in [1.165, 1.54) is 15.6 Å². The monoisotopic (exact) mass is 486 g/mol. The van der Waals surface area contributed by atoms with E-state index in [2.05, 4.69) is 0 Å². The molecule has 0 aliphatic rings. The summed E-state index contributed by atoms with van der Waals surface area (Å²) in [5.74, 6) is 1.07. The summed E-state index contributed by atoms with van der Waals surface area (Å²) in [5.41, 5.74) is 2.61. The molecule has 0 unspecified atom stereocenters. The number of aromatic nitrogens is 1. The van der Waals surface area contributed by atoms with E-state index >= 15 is 0 Å². The number of rotatable bonds is 7. The lowest BCUT2D eigenvalue weighted by Gasteiger charge is -2.23. The smallest absolute Gasteiger partial charge is 0.265 e. The van der Waals surface area contributed by atoms with Crippen molar-refractivity contribution in [1.29, 1.82) is 0 Å². The Morgan fingerprint density at radius 3 is 2.18 bits per heavy atom. The van der Waals surface area contributed by atoms with Crippen molar-refractivity contribution in [3.63, 3.8) is 0 Å². The van der Waals surface area contributed by atoms with E-state index in [9.17, 15) is 8.42 Å². The molecule has 5 aromatic rings. The molecule has 3 aromatic carbocycles. The lowest BCUT2D eigenvalue weighted by Crippen LogP contribution is -2.31. The Balaban J connectivity index is 1.71.